The molecule has 2 amide bonds. The van der Waals surface area contributed by atoms with Gasteiger partial charge in [-0.25, -0.2) is 4.98 Å². The van der Waals surface area contributed by atoms with Crippen molar-refractivity contribution in [3.8, 4) is 22.6 Å². The number of benzene rings is 2. The number of ether oxygens (including phenoxy) is 2. The van der Waals surface area contributed by atoms with Gasteiger partial charge in [0.15, 0.2) is 13.2 Å². The number of aryl methyl sites for hydroxylation is 2. The molecule has 12 nitrogen and oxygen atoms in total. The average molecular weight is 813 g/mol. The first-order chi connectivity index (χ1) is 29.1. The lowest BCUT2D eigenvalue weighted by Crippen LogP contribution is -2.49. The highest BCUT2D eigenvalue weighted by atomic mass is 19.3. The zero-order valence-electron chi connectivity index (χ0n) is 33.4. The molecule has 2 fully saturated rings. The molecule has 3 aliphatic heterocycles. The first kappa shape index (κ1) is 39.1. The maximum atomic E-state index is 14.9. The molecule has 6 aromatic rings. The van der Waals surface area contributed by atoms with Crippen LogP contribution in [-0.2, 0) is 24.8 Å². The summed E-state index contributed by atoms with van der Waals surface area (Å²) in [5.41, 5.74) is 7.35. The fourth-order valence-electron chi connectivity index (χ4n) is 8.45. The third-order valence-electron chi connectivity index (χ3n) is 11.8. The van der Waals surface area contributed by atoms with Crippen LogP contribution in [0.1, 0.15) is 40.9 Å². The molecule has 0 saturated carbocycles. The van der Waals surface area contributed by atoms with Gasteiger partial charge in [-0.1, -0.05) is 24.8 Å². The molecule has 7 heterocycles. The lowest BCUT2D eigenvalue weighted by atomic mass is 10.0. The van der Waals surface area contributed by atoms with Gasteiger partial charge in [-0.05, 0) is 91.9 Å². The van der Waals surface area contributed by atoms with Gasteiger partial charge in [-0.2, -0.15) is 8.78 Å². The number of fused-ring (bicyclic) bond motifs is 4. The van der Waals surface area contributed by atoms with Gasteiger partial charge >= 0.3 is 5.92 Å². The normalized spacial score (nSPS) is 17.4. The maximum absolute atomic E-state index is 14.9. The third kappa shape index (κ3) is 8.11. The first-order valence-electron chi connectivity index (χ1n) is 20.4. The van der Waals surface area contributed by atoms with Gasteiger partial charge in [0.25, 0.3) is 5.91 Å². The molecule has 1 N–H and O–H groups in total. The summed E-state index contributed by atoms with van der Waals surface area (Å²) < 4.78 is 42.8. The van der Waals surface area contributed by atoms with E-state index >= 15 is 0 Å². The second kappa shape index (κ2) is 16.3. The molecule has 3 aliphatic rings. The number of pyridine rings is 3. The number of allylic oxidation sites excluding steroid dienone is 1. The summed E-state index contributed by atoms with van der Waals surface area (Å²) in [5.74, 6) is -2.59. The highest BCUT2D eigenvalue weighted by Gasteiger charge is 2.38. The number of piperazine rings is 1. The number of rotatable bonds is 13. The lowest BCUT2D eigenvalue weighted by Gasteiger charge is -2.35. The number of aromatic nitrogens is 4. The van der Waals surface area contributed by atoms with Crippen molar-refractivity contribution in [1.29, 1.82) is 0 Å². The Morgan fingerprint density at radius 1 is 0.850 bits per heavy atom. The standard InChI is InChI=1S/C46H46F2N8O4/c1-30-5-13-41(44(57)52-30)56-27-33-22-35(9-12-37(33)45(56)58)59-28-46(47,48)29-60-36-10-14-43(51-25-36)55-20-18-54(19-21-55)17-3-4-34-8-6-32(24-50-34)31-7-11-38-39-26-49-16-15-40(39)53(2)42(38)23-31/h6-12,14-16,22-26,41H,1,3-5,13,17-21,27-29H2,2H3,(H,52,57). The summed E-state index contributed by atoms with van der Waals surface area (Å²) in [6.07, 6.45) is 10.2. The van der Waals surface area contributed by atoms with Crippen molar-refractivity contribution in [2.24, 2.45) is 7.05 Å². The highest BCUT2D eigenvalue weighted by molar-refractivity contribution is 6.08. The zero-order chi connectivity index (χ0) is 41.4. The number of nitrogens with zero attached hydrogens (tertiary/aromatic N) is 7. The number of hydrogen-bond acceptors (Lipinski definition) is 9. The van der Waals surface area contributed by atoms with Crippen LogP contribution >= 0.6 is 0 Å². The largest absolute Gasteiger partial charge is 0.487 e. The van der Waals surface area contributed by atoms with Crippen molar-refractivity contribution in [2.45, 2.75) is 44.2 Å². The van der Waals surface area contributed by atoms with E-state index in [-0.39, 0.29) is 29.9 Å². The number of nitrogens with one attached hydrogen (secondary N) is 1. The van der Waals surface area contributed by atoms with Crippen molar-refractivity contribution >= 4 is 39.4 Å². The Balaban J connectivity index is 0.694. The molecular weight excluding hydrogens is 767 g/mol. The van der Waals surface area contributed by atoms with Crippen LogP contribution in [0.5, 0.6) is 11.5 Å². The van der Waals surface area contributed by atoms with E-state index in [1.54, 1.807) is 24.3 Å². The number of alkyl halides is 2. The average Bonchev–Trinajstić information content (AvgIpc) is 3.74. The first-order valence-corrected chi connectivity index (χ1v) is 20.4. The summed E-state index contributed by atoms with van der Waals surface area (Å²) in [6.45, 7) is 6.61. The maximum Gasteiger partial charge on any atom is 0.314 e. The van der Waals surface area contributed by atoms with Gasteiger partial charge in [0.2, 0.25) is 5.91 Å². The van der Waals surface area contributed by atoms with Crippen LogP contribution < -0.4 is 19.7 Å². The SMILES string of the molecule is C=C1CCC(N2Cc3cc(OCC(F)(F)COc4ccc(N5CCN(CCCc6ccc(-c7ccc8c9cnccc9n(C)c8c7)cn6)CC5)nc4)ccc3C2=O)C(=O)N1. The van der Waals surface area contributed by atoms with Crippen molar-refractivity contribution < 1.29 is 27.8 Å². The van der Waals surface area contributed by atoms with E-state index in [1.807, 2.05) is 24.7 Å². The Labute approximate surface area is 346 Å². The minimum Gasteiger partial charge on any atom is -0.487 e. The van der Waals surface area contributed by atoms with E-state index in [1.165, 1.54) is 33.6 Å². The van der Waals surface area contributed by atoms with Gasteiger partial charge in [0, 0.05) is 97.2 Å². The van der Waals surface area contributed by atoms with Crippen LogP contribution in [0.25, 0.3) is 32.9 Å². The van der Waals surface area contributed by atoms with Crippen LogP contribution in [0, 0.1) is 0 Å². The molecule has 2 saturated heterocycles. The molecule has 0 radical (unpaired) electrons. The topological polar surface area (TPSA) is 118 Å². The number of halogens is 2. The van der Waals surface area contributed by atoms with E-state index in [0.29, 0.717) is 29.7 Å². The number of hydrogen-bond donors (Lipinski definition) is 1. The van der Waals surface area contributed by atoms with E-state index < -0.39 is 25.2 Å². The molecule has 0 aliphatic carbocycles. The van der Waals surface area contributed by atoms with E-state index in [0.717, 1.165) is 73.6 Å². The Morgan fingerprint density at radius 3 is 2.42 bits per heavy atom. The zero-order valence-corrected chi connectivity index (χ0v) is 33.4. The van der Waals surface area contributed by atoms with Gasteiger partial charge in [0.05, 0.1) is 11.7 Å². The summed E-state index contributed by atoms with van der Waals surface area (Å²) in [6, 6.07) is 20.4. The molecule has 0 bridgehead atoms. The molecule has 14 heteroatoms. The molecule has 308 valence electrons. The minimum absolute atomic E-state index is 0.202. The molecule has 9 rings (SSSR count). The summed E-state index contributed by atoms with van der Waals surface area (Å²) in [5, 5.41) is 5.06. The molecule has 1 unspecified atom stereocenters. The quantitative estimate of drug-likeness (QED) is 0.135. The van der Waals surface area contributed by atoms with Crippen molar-refractivity contribution in [3.05, 3.63) is 121 Å². The van der Waals surface area contributed by atoms with Crippen LogP contribution in [0.3, 0.4) is 0 Å². The summed E-state index contributed by atoms with van der Waals surface area (Å²) in [7, 11) is 2.09. The fourth-order valence-corrected chi connectivity index (χ4v) is 8.45. The van der Waals surface area contributed by atoms with Crippen LogP contribution in [0.4, 0.5) is 14.6 Å². The Hall–Kier alpha value is -6.41. The monoisotopic (exact) mass is 812 g/mol. The Morgan fingerprint density at radius 2 is 1.65 bits per heavy atom. The third-order valence-corrected chi connectivity index (χ3v) is 11.8. The number of piperidine rings is 1. The molecule has 60 heavy (non-hydrogen) atoms. The number of carbonyl (C=O) groups excluding carboxylic acids is 2. The fraction of sp³-hybridized carbons (Fsp3) is 0.326. The van der Waals surface area contributed by atoms with Gasteiger partial charge in [0.1, 0.15) is 23.4 Å². The number of amides is 2. The predicted molar refractivity (Wildman–Crippen MR) is 225 cm³/mol. The van der Waals surface area contributed by atoms with Gasteiger partial charge < -0.3 is 29.2 Å². The van der Waals surface area contributed by atoms with Gasteiger partial charge in [-0.15, -0.1) is 0 Å². The highest BCUT2D eigenvalue weighted by Crippen LogP contribution is 2.33. The predicted octanol–water partition coefficient (Wildman–Crippen LogP) is 6.78. The number of anilines is 1. The van der Waals surface area contributed by atoms with Crippen molar-refractivity contribution in [3.63, 3.8) is 0 Å². The second-order valence-corrected chi connectivity index (χ2v) is 15.8. The van der Waals surface area contributed by atoms with E-state index in [9.17, 15) is 18.4 Å². The Bertz CT molecular complexity index is 2570. The van der Waals surface area contributed by atoms with Crippen LogP contribution in [0.15, 0.2) is 104 Å². The molecule has 4 aromatic heterocycles. The number of carbonyl (C=O) groups is 2. The van der Waals surface area contributed by atoms with E-state index in [4.69, 9.17) is 14.5 Å². The molecule has 1 atom stereocenters. The molecular formula is C46H46F2N8O4. The van der Waals surface area contributed by atoms with Crippen molar-refractivity contribution in [2.75, 3.05) is 50.8 Å². The Kier molecular flexibility index (Phi) is 10.6. The van der Waals surface area contributed by atoms with Crippen molar-refractivity contribution in [1.82, 2.24) is 34.6 Å². The minimum atomic E-state index is -3.29. The molecule has 0 spiro atoms. The van der Waals surface area contributed by atoms with Gasteiger partial charge in [-0.3, -0.25) is 24.5 Å². The smallest absolute Gasteiger partial charge is 0.314 e. The lowest BCUT2D eigenvalue weighted by molar-refractivity contribution is -0.126. The molecule has 2 aromatic carbocycles. The summed E-state index contributed by atoms with van der Waals surface area (Å²) in [4.78, 5) is 45.2. The summed E-state index contributed by atoms with van der Waals surface area (Å²) >= 11 is 0. The van der Waals surface area contributed by atoms with Crippen LogP contribution in [0.2, 0.25) is 0 Å². The van der Waals surface area contributed by atoms with Crippen LogP contribution in [-0.4, -0.2) is 99.0 Å². The second-order valence-electron chi connectivity index (χ2n) is 15.8. The van der Waals surface area contributed by atoms with E-state index in [2.05, 4.69) is 73.6 Å².